The molecule has 0 aliphatic rings. The molecule has 0 aliphatic heterocycles. The maximum Gasteiger partial charge on any atom is 0.268 e. The van der Waals surface area contributed by atoms with E-state index >= 15 is 0 Å². The van der Waals surface area contributed by atoms with E-state index in [0.29, 0.717) is 5.56 Å². The summed E-state index contributed by atoms with van der Waals surface area (Å²) in [6, 6.07) is 11.4. The predicted octanol–water partition coefficient (Wildman–Crippen LogP) is 3.62. The van der Waals surface area contributed by atoms with Crippen molar-refractivity contribution in [2.24, 2.45) is 5.73 Å². The third-order valence-corrected chi connectivity index (χ3v) is 4.76. The standard InChI is InChI=1S/C20H15BrF2N2O3/c21-18-17(28-11-14-4-5-15(22)9-16(14)23)6-7-25(20(18)27)10-12-2-1-3-13(8-12)19(24)26/h1-9H,10-11H2,(H2,24,26). The van der Waals surface area contributed by atoms with Crippen molar-refractivity contribution in [3.8, 4) is 5.75 Å². The molecule has 1 aromatic heterocycles. The summed E-state index contributed by atoms with van der Waals surface area (Å²) in [5, 5.41) is 0. The number of carbonyl (C=O) groups excluding carboxylic acids is 1. The fraction of sp³-hybridized carbons (Fsp3) is 0.100. The summed E-state index contributed by atoms with van der Waals surface area (Å²) < 4.78 is 33.8. The van der Waals surface area contributed by atoms with Crippen LogP contribution in [0.1, 0.15) is 21.5 Å². The van der Waals surface area contributed by atoms with E-state index in [2.05, 4.69) is 15.9 Å². The van der Waals surface area contributed by atoms with Gasteiger partial charge in [0.15, 0.2) is 0 Å². The molecular weight excluding hydrogens is 434 g/mol. The number of carbonyl (C=O) groups is 1. The van der Waals surface area contributed by atoms with Crippen LogP contribution in [0.3, 0.4) is 0 Å². The molecule has 1 heterocycles. The third-order valence-electron chi connectivity index (χ3n) is 4.03. The van der Waals surface area contributed by atoms with Gasteiger partial charge in [0.1, 0.15) is 28.5 Å². The first-order valence-corrected chi connectivity index (χ1v) is 8.99. The van der Waals surface area contributed by atoms with Crippen LogP contribution in [0.25, 0.3) is 0 Å². The van der Waals surface area contributed by atoms with Crippen LogP contribution >= 0.6 is 15.9 Å². The minimum Gasteiger partial charge on any atom is -0.487 e. The molecule has 144 valence electrons. The number of ether oxygens (including phenoxy) is 1. The van der Waals surface area contributed by atoms with E-state index in [4.69, 9.17) is 10.5 Å². The molecule has 1 amide bonds. The molecule has 0 spiro atoms. The van der Waals surface area contributed by atoms with Gasteiger partial charge in [-0.25, -0.2) is 8.78 Å². The molecule has 2 N–H and O–H groups in total. The minimum absolute atomic E-state index is 0.158. The van der Waals surface area contributed by atoms with E-state index in [9.17, 15) is 18.4 Å². The zero-order valence-electron chi connectivity index (χ0n) is 14.5. The molecule has 0 unspecified atom stereocenters. The summed E-state index contributed by atoms with van der Waals surface area (Å²) in [5.41, 5.74) is 6.16. The quantitative estimate of drug-likeness (QED) is 0.625. The van der Waals surface area contributed by atoms with Crippen LogP contribution in [0.5, 0.6) is 5.75 Å². The first-order chi connectivity index (χ1) is 13.3. The molecule has 28 heavy (non-hydrogen) atoms. The third kappa shape index (κ3) is 4.45. The van der Waals surface area contributed by atoms with Crippen molar-refractivity contribution in [1.82, 2.24) is 4.57 Å². The Morgan fingerprint density at radius 2 is 1.93 bits per heavy atom. The first-order valence-electron chi connectivity index (χ1n) is 8.19. The number of rotatable bonds is 6. The summed E-state index contributed by atoms with van der Waals surface area (Å²) in [6.45, 7) is 0.0697. The van der Waals surface area contributed by atoms with E-state index in [1.165, 1.54) is 16.8 Å². The Kier molecular flexibility index (Phi) is 5.89. The van der Waals surface area contributed by atoms with Gasteiger partial charge >= 0.3 is 0 Å². The number of primary amides is 1. The number of aromatic nitrogens is 1. The van der Waals surface area contributed by atoms with Gasteiger partial charge in [-0.05, 0) is 51.8 Å². The van der Waals surface area contributed by atoms with Crippen molar-refractivity contribution in [3.05, 3.63) is 97.9 Å². The zero-order chi connectivity index (χ0) is 20.3. The van der Waals surface area contributed by atoms with Gasteiger partial charge in [-0.2, -0.15) is 0 Å². The number of hydrogen-bond donors (Lipinski definition) is 1. The lowest BCUT2D eigenvalue weighted by Gasteiger charge is -2.12. The Morgan fingerprint density at radius 3 is 2.64 bits per heavy atom. The Bertz CT molecular complexity index is 1100. The van der Waals surface area contributed by atoms with Gasteiger partial charge in [0.05, 0.1) is 6.54 Å². The second-order valence-electron chi connectivity index (χ2n) is 6.02. The van der Waals surface area contributed by atoms with Crippen LogP contribution < -0.4 is 16.0 Å². The Balaban J connectivity index is 1.78. The predicted molar refractivity (Wildman–Crippen MR) is 103 cm³/mol. The molecule has 0 fully saturated rings. The molecule has 0 aliphatic carbocycles. The van der Waals surface area contributed by atoms with Crippen molar-refractivity contribution in [2.45, 2.75) is 13.2 Å². The highest BCUT2D eigenvalue weighted by Gasteiger charge is 2.11. The fourth-order valence-corrected chi connectivity index (χ4v) is 3.05. The van der Waals surface area contributed by atoms with Crippen LogP contribution in [0.4, 0.5) is 8.78 Å². The van der Waals surface area contributed by atoms with Crippen LogP contribution in [0.2, 0.25) is 0 Å². The van der Waals surface area contributed by atoms with Crippen molar-refractivity contribution < 1.29 is 18.3 Å². The number of pyridine rings is 1. The monoisotopic (exact) mass is 448 g/mol. The number of halogens is 3. The van der Waals surface area contributed by atoms with Crippen LogP contribution in [0.15, 0.2) is 64.0 Å². The van der Waals surface area contributed by atoms with Gasteiger partial charge < -0.3 is 15.0 Å². The maximum absolute atomic E-state index is 13.7. The average Bonchev–Trinajstić information content (AvgIpc) is 2.66. The summed E-state index contributed by atoms with van der Waals surface area (Å²) in [6.07, 6.45) is 1.53. The number of hydrogen-bond acceptors (Lipinski definition) is 3. The normalized spacial score (nSPS) is 10.7. The molecule has 0 saturated heterocycles. The lowest BCUT2D eigenvalue weighted by Crippen LogP contribution is -2.21. The molecule has 0 bridgehead atoms. The van der Waals surface area contributed by atoms with Crippen LogP contribution in [-0.2, 0) is 13.2 Å². The highest BCUT2D eigenvalue weighted by molar-refractivity contribution is 9.10. The van der Waals surface area contributed by atoms with Crippen molar-refractivity contribution in [3.63, 3.8) is 0 Å². The molecule has 0 saturated carbocycles. The fourth-order valence-electron chi connectivity index (χ4n) is 2.58. The molecule has 0 radical (unpaired) electrons. The van der Waals surface area contributed by atoms with Gasteiger partial charge in [-0.15, -0.1) is 0 Å². The molecular formula is C20H15BrF2N2O3. The number of benzene rings is 2. The van der Waals surface area contributed by atoms with E-state index in [1.807, 2.05) is 0 Å². The molecule has 8 heteroatoms. The first kappa shape index (κ1) is 19.8. The summed E-state index contributed by atoms with van der Waals surface area (Å²) in [4.78, 5) is 23.8. The number of amides is 1. The van der Waals surface area contributed by atoms with E-state index < -0.39 is 17.5 Å². The Hall–Kier alpha value is -3.00. The van der Waals surface area contributed by atoms with Gasteiger partial charge in [0, 0.05) is 23.4 Å². The van der Waals surface area contributed by atoms with Gasteiger partial charge in [0.2, 0.25) is 5.91 Å². The number of nitrogens with two attached hydrogens (primary N) is 1. The summed E-state index contributed by atoms with van der Waals surface area (Å²) in [7, 11) is 0. The molecule has 3 rings (SSSR count). The van der Waals surface area contributed by atoms with Gasteiger partial charge in [-0.1, -0.05) is 12.1 Å². The van der Waals surface area contributed by atoms with Crippen LogP contribution in [-0.4, -0.2) is 10.5 Å². The highest BCUT2D eigenvalue weighted by atomic mass is 79.9. The van der Waals surface area contributed by atoms with E-state index in [0.717, 1.165) is 17.7 Å². The topological polar surface area (TPSA) is 74.3 Å². The van der Waals surface area contributed by atoms with Gasteiger partial charge in [-0.3, -0.25) is 9.59 Å². The van der Waals surface area contributed by atoms with Crippen LogP contribution in [0, 0.1) is 11.6 Å². The SMILES string of the molecule is NC(=O)c1cccc(Cn2ccc(OCc3ccc(F)cc3F)c(Br)c2=O)c1. The van der Waals surface area contributed by atoms with E-state index in [1.54, 1.807) is 30.3 Å². The van der Waals surface area contributed by atoms with Crippen molar-refractivity contribution in [2.75, 3.05) is 0 Å². The Labute approximate surface area is 167 Å². The highest BCUT2D eigenvalue weighted by Crippen LogP contribution is 2.22. The van der Waals surface area contributed by atoms with Gasteiger partial charge in [0.25, 0.3) is 5.56 Å². The van der Waals surface area contributed by atoms with E-state index in [-0.39, 0.29) is 34.5 Å². The molecule has 2 aromatic carbocycles. The van der Waals surface area contributed by atoms with Crippen molar-refractivity contribution >= 4 is 21.8 Å². The summed E-state index contributed by atoms with van der Waals surface area (Å²) in [5.74, 6) is -1.72. The number of nitrogens with zero attached hydrogens (tertiary/aromatic N) is 1. The molecule has 0 atom stereocenters. The second-order valence-corrected chi connectivity index (χ2v) is 6.81. The lowest BCUT2D eigenvalue weighted by atomic mass is 10.1. The summed E-state index contributed by atoms with van der Waals surface area (Å²) >= 11 is 3.20. The minimum atomic E-state index is -0.723. The maximum atomic E-state index is 13.7. The average molecular weight is 449 g/mol. The largest absolute Gasteiger partial charge is 0.487 e. The zero-order valence-corrected chi connectivity index (χ0v) is 16.1. The molecule has 3 aromatic rings. The second kappa shape index (κ2) is 8.35. The smallest absolute Gasteiger partial charge is 0.268 e. The lowest BCUT2D eigenvalue weighted by molar-refractivity contribution is 0.1000. The Morgan fingerprint density at radius 1 is 1.14 bits per heavy atom. The van der Waals surface area contributed by atoms with Crippen molar-refractivity contribution in [1.29, 1.82) is 0 Å². The molecule has 5 nitrogen and oxygen atoms in total.